The molecule has 25 heavy (non-hydrogen) atoms. The fraction of sp³-hybridized carbons (Fsp3) is 0.222. The largest absolute Gasteiger partial charge is 0.494 e. The van der Waals surface area contributed by atoms with Crippen molar-refractivity contribution in [3.8, 4) is 11.5 Å². The number of aryl methyl sites for hydroxylation is 1. The summed E-state index contributed by atoms with van der Waals surface area (Å²) in [6.07, 6.45) is 0. The number of halogens is 1. The van der Waals surface area contributed by atoms with Gasteiger partial charge in [-0.05, 0) is 61.9 Å². The zero-order chi connectivity index (χ0) is 18.2. The minimum atomic E-state index is -0.457. The Morgan fingerprint density at radius 2 is 1.76 bits per heavy atom. The van der Waals surface area contributed by atoms with Crippen molar-refractivity contribution in [3.63, 3.8) is 0 Å². The van der Waals surface area contributed by atoms with E-state index in [0.717, 1.165) is 10.0 Å². The van der Waals surface area contributed by atoms with Crippen LogP contribution in [0, 0.1) is 6.92 Å². The van der Waals surface area contributed by atoms with E-state index in [0.29, 0.717) is 23.7 Å². The van der Waals surface area contributed by atoms with Gasteiger partial charge in [0.05, 0.1) is 6.61 Å². The van der Waals surface area contributed by atoms with Crippen LogP contribution in [0.15, 0.2) is 46.9 Å². The second-order valence-electron chi connectivity index (χ2n) is 5.16. The van der Waals surface area contributed by atoms with E-state index in [1.54, 1.807) is 30.3 Å². The van der Waals surface area contributed by atoms with Crippen LogP contribution in [0.3, 0.4) is 0 Å². The van der Waals surface area contributed by atoms with Crippen molar-refractivity contribution in [2.45, 2.75) is 13.8 Å². The van der Waals surface area contributed by atoms with Gasteiger partial charge in [0, 0.05) is 10.0 Å². The van der Waals surface area contributed by atoms with E-state index in [-0.39, 0.29) is 6.61 Å². The van der Waals surface area contributed by atoms with Crippen molar-refractivity contribution in [2.24, 2.45) is 0 Å². The number of ether oxygens (including phenoxy) is 2. The fourth-order valence-corrected chi connectivity index (χ4v) is 2.50. The van der Waals surface area contributed by atoms with E-state index in [1.807, 2.05) is 26.0 Å². The molecule has 2 N–H and O–H groups in total. The predicted octanol–water partition coefficient (Wildman–Crippen LogP) is 3.00. The number of nitrogens with one attached hydrogen (secondary N) is 2. The Morgan fingerprint density at radius 3 is 2.40 bits per heavy atom. The van der Waals surface area contributed by atoms with E-state index in [9.17, 15) is 9.59 Å². The van der Waals surface area contributed by atoms with Gasteiger partial charge in [-0.25, -0.2) is 0 Å². The first-order chi connectivity index (χ1) is 12.0. The lowest BCUT2D eigenvalue weighted by Crippen LogP contribution is -2.43. The Balaban J connectivity index is 1.79. The summed E-state index contributed by atoms with van der Waals surface area (Å²) in [5, 5.41) is 0. The van der Waals surface area contributed by atoms with Crippen molar-refractivity contribution in [2.75, 3.05) is 13.2 Å². The second-order valence-corrected chi connectivity index (χ2v) is 6.07. The zero-order valence-electron chi connectivity index (χ0n) is 14.0. The SMILES string of the molecule is CCOc1ccc(C(=O)NNC(=O)COc2ccc(Br)cc2C)cc1. The molecule has 0 spiro atoms. The first-order valence-corrected chi connectivity index (χ1v) is 8.50. The Kier molecular flexibility index (Phi) is 6.82. The van der Waals surface area contributed by atoms with Crippen molar-refractivity contribution >= 4 is 27.7 Å². The molecule has 2 aromatic carbocycles. The summed E-state index contributed by atoms with van der Waals surface area (Å²) in [6.45, 7) is 4.12. The molecule has 0 saturated heterocycles. The molecule has 2 aromatic rings. The molecule has 0 atom stereocenters. The van der Waals surface area contributed by atoms with Gasteiger partial charge >= 0.3 is 0 Å². The zero-order valence-corrected chi connectivity index (χ0v) is 15.6. The summed E-state index contributed by atoms with van der Waals surface area (Å²) in [5.74, 6) is 0.412. The fourth-order valence-electron chi connectivity index (χ4n) is 2.02. The van der Waals surface area contributed by atoms with Gasteiger partial charge in [0.15, 0.2) is 6.61 Å². The van der Waals surface area contributed by atoms with Crippen LogP contribution in [-0.2, 0) is 4.79 Å². The lowest BCUT2D eigenvalue weighted by atomic mass is 10.2. The summed E-state index contributed by atoms with van der Waals surface area (Å²) in [6, 6.07) is 12.1. The molecule has 7 heteroatoms. The number of benzene rings is 2. The van der Waals surface area contributed by atoms with Crippen LogP contribution >= 0.6 is 15.9 Å². The Morgan fingerprint density at radius 1 is 1.04 bits per heavy atom. The lowest BCUT2D eigenvalue weighted by Gasteiger charge is -2.11. The van der Waals surface area contributed by atoms with Gasteiger partial charge in [-0.3, -0.25) is 20.4 Å². The highest BCUT2D eigenvalue weighted by atomic mass is 79.9. The van der Waals surface area contributed by atoms with Gasteiger partial charge in [-0.15, -0.1) is 0 Å². The average Bonchev–Trinajstić information content (AvgIpc) is 2.60. The van der Waals surface area contributed by atoms with Crippen molar-refractivity contribution in [1.82, 2.24) is 10.9 Å². The molecule has 0 fully saturated rings. The minimum absolute atomic E-state index is 0.202. The van der Waals surface area contributed by atoms with Gasteiger partial charge < -0.3 is 9.47 Å². The number of rotatable bonds is 6. The van der Waals surface area contributed by atoms with Crippen molar-refractivity contribution in [3.05, 3.63) is 58.1 Å². The molecule has 2 amide bonds. The van der Waals surface area contributed by atoms with Crippen LogP contribution < -0.4 is 20.3 Å². The standard InChI is InChI=1S/C18H19BrN2O4/c1-3-24-15-7-4-13(5-8-15)18(23)21-20-17(22)11-25-16-9-6-14(19)10-12(16)2/h4-10H,3,11H2,1-2H3,(H,20,22)(H,21,23). The van der Waals surface area contributed by atoms with Gasteiger partial charge in [0.2, 0.25) is 0 Å². The number of hydrazine groups is 1. The molecule has 6 nitrogen and oxygen atoms in total. The van der Waals surface area contributed by atoms with Gasteiger partial charge in [0.25, 0.3) is 11.8 Å². The molecule has 0 radical (unpaired) electrons. The highest BCUT2D eigenvalue weighted by Gasteiger charge is 2.09. The van der Waals surface area contributed by atoms with Crippen LogP contribution in [-0.4, -0.2) is 25.0 Å². The molecule has 132 valence electrons. The lowest BCUT2D eigenvalue weighted by molar-refractivity contribution is -0.123. The molecule has 0 aliphatic carbocycles. The second kappa shape index (κ2) is 9.08. The van der Waals surface area contributed by atoms with E-state index in [1.165, 1.54) is 0 Å². The quantitative estimate of drug-likeness (QED) is 0.722. The van der Waals surface area contributed by atoms with Crippen LogP contribution in [0.2, 0.25) is 0 Å². The maximum Gasteiger partial charge on any atom is 0.276 e. The predicted molar refractivity (Wildman–Crippen MR) is 97.6 cm³/mol. The van der Waals surface area contributed by atoms with E-state index >= 15 is 0 Å². The average molecular weight is 407 g/mol. The normalized spacial score (nSPS) is 10.0. The molecule has 0 saturated carbocycles. The maximum atomic E-state index is 12.0. The van der Waals surface area contributed by atoms with Crippen molar-refractivity contribution < 1.29 is 19.1 Å². The Labute approximate surface area is 154 Å². The summed E-state index contributed by atoms with van der Waals surface area (Å²) in [4.78, 5) is 23.8. The highest BCUT2D eigenvalue weighted by Crippen LogP contribution is 2.21. The molecular weight excluding hydrogens is 388 g/mol. The number of amides is 2. The van der Waals surface area contributed by atoms with Gasteiger partial charge in [0.1, 0.15) is 11.5 Å². The van der Waals surface area contributed by atoms with E-state index < -0.39 is 11.8 Å². The smallest absolute Gasteiger partial charge is 0.276 e. The molecule has 0 unspecified atom stereocenters. The van der Waals surface area contributed by atoms with E-state index in [4.69, 9.17) is 9.47 Å². The molecule has 0 heterocycles. The van der Waals surface area contributed by atoms with Crippen LogP contribution in [0.4, 0.5) is 0 Å². The molecule has 0 aromatic heterocycles. The Hall–Kier alpha value is -2.54. The first-order valence-electron chi connectivity index (χ1n) is 7.70. The third-order valence-electron chi connectivity index (χ3n) is 3.24. The van der Waals surface area contributed by atoms with Crippen LogP contribution in [0.25, 0.3) is 0 Å². The molecular formula is C18H19BrN2O4. The summed E-state index contributed by atoms with van der Waals surface area (Å²) >= 11 is 3.36. The molecule has 0 bridgehead atoms. The van der Waals surface area contributed by atoms with Crippen molar-refractivity contribution in [1.29, 1.82) is 0 Å². The number of hydrogen-bond acceptors (Lipinski definition) is 4. The van der Waals surface area contributed by atoms with Crippen LogP contribution in [0.1, 0.15) is 22.8 Å². The topological polar surface area (TPSA) is 76.7 Å². The summed E-state index contributed by atoms with van der Waals surface area (Å²) in [7, 11) is 0. The number of hydrogen-bond donors (Lipinski definition) is 2. The van der Waals surface area contributed by atoms with Gasteiger partial charge in [-0.1, -0.05) is 15.9 Å². The third-order valence-corrected chi connectivity index (χ3v) is 3.73. The summed E-state index contributed by atoms with van der Waals surface area (Å²) < 4.78 is 11.7. The minimum Gasteiger partial charge on any atom is -0.494 e. The maximum absolute atomic E-state index is 12.0. The van der Waals surface area contributed by atoms with E-state index in [2.05, 4.69) is 26.8 Å². The van der Waals surface area contributed by atoms with Gasteiger partial charge in [-0.2, -0.15) is 0 Å². The first kappa shape index (κ1) is 18.8. The number of carbonyl (C=O) groups is 2. The van der Waals surface area contributed by atoms with Crippen LogP contribution in [0.5, 0.6) is 11.5 Å². The highest BCUT2D eigenvalue weighted by molar-refractivity contribution is 9.10. The monoisotopic (exact) mass is 406 g/mol. The molecule has 2 rings (SSSR count). The molecule has 0 aliphatic heterocycles. The third kappa shape index (κ3) is 5.79. The number of carbonyl (C=O) groups excluding carboxylic acids is 2. The Bertz CT molecular complexity index is 747. The summed E-state index contributed by atoms with van der Waals surface area (Å²) in [5.41, 5.74) is 5.98. The molecule has 0 aliphatic rings.